The standard InChI is InChI=1S/C12H14N2O/c1-9-2-3-10-4-6-14(11(10)8-9)7-5-12(13)15/h2-4,6,8H,5,7H2,1H3,(H2,13,15). The van der Waals surface area contributed by atoms with E-state index in [9.17, 15) is 4.79 Å². The number of nitrogens with zero attached hydrogens (tertiary/aromatic N) is 1. The van der Waals surface area contributed by atoms with Crippen molar-refractivity contribution < 1.29 is 4.79 Å². The molecule has 15 heavy (non-hydrogen) atoms. The van der Waals surface area contributed by atoms with Crippen LogP contribution < -0.4 is 5.73 Å². The molecule has 2 N–H and O–H groups in total. The molecule has 0 saturated heterocycles. The fraction of sp³-hybridized carbons (Fsp3) is 0.250. The van der Waals surface area contributed by atoms with Gasteiger partial charge in [-0.25, -0.2) is 0 Å². The second-order valence-corrected chi connectivity index (χ2v) is 3.79. The van der Waals surface area contributed by atoms with Gasteiger partial charge in [-0.05, 0) is 30.0 Å². The van der Waals surface area contributed by atoms with Gasteiger partial charge in [0.2, 0.25) is 5.91 Å². The first-order valence-corrected chi connectivity index (χ1v) is 5.00. The Kier molecular flexibility index (Phi) is 2.46. The minimum atomic E-state index is -0.260. The quantitative estimate of drug-likeness (QED) is 0.811. The summed E-state index contributed by atoms with van der Waals surface area (Å²) >= 11 is 0. The molecule has 0 unspecified atom stereocenters. The Labute approximate surface area is 88.5 Å². The average Bonchev–Trinajstić information content (AvgIpc) is 2.57. The minimum absolute atomic E-state index is 0.260. The maximum atomic E-state index is 10.7. The summed E-state index contributed by atoms with van der Waals surface area (Å²) in [4.78, 5) is 10.7. The zero-order valence-corrected chi connectivity index (χ0v) is 8.73. The Morgan fingerprint density at radius 1 is 1.40 bits per heavy atom. The van der Waals surface area contributed by atoms with Gasteiger partial charge in [-0.15, -0.1) is 0 Å². The van der Waals surface area contributed by atoms with Crippen LogP contribution in [0.25, 0.3) is 10.9 Å². The van der Waals surface area contributed by atoms with Gasteiger partial charge < -0.3 is 10.3 Å². The fourth-order valence-electron chi connectivity index (χ4n) is 1.72. The molecule has 2 aromatic rings. The fourth-order valence-corrected chi connectivity index (χ4v) is 1.72. The summed E-state index contributed by atoms with van der Waals surface area (Å²) in [5.74, 6) is -0.260. The molecule has 3 nitrogen and oxygen atoms in total. The van der Waals surface area contributed by atoms with Crippen molar-refractivity contribution in [3.05, 3.63) is 36.0 Å². The summed E-state index contributed by atoms with van der Waals surface area (Å²) in [5, 5.41) is 1.20. The van der Waals surface area contributed by atoms with Crippen LogP contribution in [0.5, 0.6) is 0 Å². The van der Waals surface area contributed by atoms with Gasteiger partial charge in [0.15, 0.2) is 0 Å². The lowest BCUT2D eigenvalue weighted by Crippen LogP contribution is -2.13. The SMILES string of the molecule is Cc1ccc2ccn(CCC(N)=O)c2c1. The highest BCUT2D eigenvalue weighted by molar-refractivity contribution is 5.81. The molecule has 0 bridgehead atoms. The Morgan fingerprint density at radius 2 is 2.20 bits per heavy atom. The van der Waals surface area contributed by atoms with Gasteiger partial charge in [0.25, 0.3) is 0 Å². The third kappa shape index (κ3) is 2.01. The van der Waals surface area contributed by atoms with Crippen molar-refractivity contribution in [2.45, 2.75) is 19.9 Å². The molecule has 78 valence electrons. The molecule has 0 spiro atoms. The van der Waals surface area contributed by atoms with Crippen LogP contribution in [0.4, 0.5) is 0 Å². The highest BCUT2D eigenvalue weighted by Crippen LogP contribution is 2.17. The molecule has 0 radical (unpaired) electrons. The number of carbonyl (C=O) groups excluding carboxylic acids is 1. The summed E-state index contributed by atoms with van der Waals surface area (Å²) in [5.41, 5.74) is 7.52. The Morgan fingerprint density at radius 3 is 2.93 bits per heavy atom. The second-order valence-electron chi connectivity index (χ2n) is 3.79. The zero-order valence-electron chi connectivity index (χ0n) is 8.73. The number of primary amides is 1. The minimum Gasteiger partial charge on any atom is -0.370 e. The van der Waals surface area contributed by atoms with E-state index in [4.69, 9.17) is 5.73 Å². The highest BCUT2D eigenvalue weighted by Gasteiger charge is 2.02. The van der Waals surface area contributed by atoms with Crippen molar-refractivity contribution in [1.29, 1.82) is 0 Å². The normalized spacial score (nSPS) is 10.7. The number of nitrogens with two attached hydrogens (primary N) is 1. The van der Waals surface area contributed by atoms with E-state index in [0.29, 0.717) is 13.0 Å². The van der Waals surface area contributed by atoms with Crippen LogP contribution in [0.3, 0.4) is 0 Å². The third-order valence-electron chi connectivity index (χ3n) is 2.53. The van der Waals surface area contributed by atoms with Gasteiger partial charge in [-0.3, -0.25) is 4.79 Å². The molecule has 2 rings (SSSR count). The Balaban J connectivity index is 2.35. The average molecular weight is 202 g/mol. The van der Waals surface area contributed by atoms with Gasteiger partial charge in [0.1, 0.15) is 0 Å². The predicted octanol–water partition coefficient (Wildman–Crippen LogP) is 1.83. The highest BCUT2D eigenvalue weighted by atomic mass is 16.1. The molecule has 1 aromatic carbocycles. The maximum absolute atomic E-state index is 10.7. The molecular weight excluding hydrogens is 188 g/mol. The number of aryl methyl sites for hydroxylation is 2. The summed E-state index contributed by atoms with van der Waals surface area (Å²) in [6.07, 6.45) is 2.38. The molecule has 3 heteroatoms. The number of fused-ring (bicyclic) bond motifs is 1. The molecule has 0 aliphatic rings. The van der Waals surface area contributed by atoms with Crippen molar-refractivity contribution in [1.82, 2.24) is 4.57 Å². The second kappa shape index (κ2) is 3.77. The van der Waals surface area contributed by atoms with E-state index in [1.54, 1.807) is 0 Å². The molecule has 0 saturated carbocycles. The summed E-state index contributed by atoms with van der Waals surface area (Å²) in [6, 6.07) is 8.35. The summed E-state index contributed by atoms with van der Waals surface area (Å²) in [7, 11) is 0. The van der Waals surface area contributed by atoms with Crippen LogP contribution in [-0.4, -0.2) is 10.5 Å². The first kappa shape index (κ1) is 9.77. The molecule has 1 amide bonds. The van der Waals surface area contributed by atoms with Crippen molar-refractivity contribution in [2.75, 3.05) is 0 Å². The smallest absolute Gasteiger partial charge is 0.219 e. The number of hydrogen-bond acceptors (Lipinski definition) is 1. The largest absolute Gasteiger partial charge is 0.370 e. The number of aromatic nitrogens is 1. The van der Waals surface area contributed by atoms with E-state index in [1.807, 2.05) is 6.20 Å². The van der Waals surface area contributed by atoms with Gasteiger partial charge >= 0.3 is 0 Å². The maximum Gasteiger partial charge on any atom is 0.219 e. The van der Waals surface area contributed by atoms with E-state index >= 15 is 0 Å². The number of hydrogen-bond donors (Lipinski definition) is 1. The molecular formula is C12H14N2O. The summed E-state index contributed by atoms with van der Waals surface area (Å²) < 4.78 is 2.06. The number of benzene rings is 1. The molecule has 0 aliphatic carbocycles. The van der Waals surface area contributed by atoms with E-state index in [2.05, 4.69) is 35.8 Å². The first-order chi connectivity index (χ1) is 7.16. The molecule has 1 aromatic heterocycles. The van der Waals surface area contributed by atoms with Gasteiger partial charge in [-0.2, -0.15) is 0 Å². The van der Waals surface area contributed by atoms with Crippen LogP contribution in [0, 0.1) is 6.92 Å². The van der Waals surface area contributed by atoms with Gasteiger partial charge in [0, 0.05) is 24.7 Å². The van der Waals surface area contributed by atoms with Gasteiger partial charge in [-0.1, -0.05) is 12.1 Å². The van der Waals surface area contributed by atoms with Crippen molar-refractivity contribution in [3.63, 3.8) is 0 Å². The van der Waals surface area contributed by atoms with Crippen molar-refractivity contribution in [2.24, 2.45) is 5.73 Å². The zero-order chi connectivity index (χ0) is 10.8. The molecule has 0 fully saturated rings. The number of amides is 1. The lowest BCUT2D eigenvalue weighted by atomic mass is 10.2. The summed E-state index contributed by atoms with van der Waals surface area (Å²) in [6.45, 7) is 2.72. The number of carbonyl (C=O) groups is 1. The van der Waals surface area contributed by atoms with Crippen molar-refractivity contribution >= 4 is 16.8 Å². The van der Waals surface area contributed by atoms with E-state index in [0.717, 1.165) is 5.52 Å². The van der Waals surface area contributed by atoms with Crippen molar-refractivity contribution in [3.8, 4) is 0 Å². The van der Waals surface area contributed by atoms with E-state index in [1.165, 1.54) is 10.9 Å². The molecule has 1 heterocycles. The van der Waals surface area contributed by atoms with Gasteiger partial charge in [0.05, 0.1) is 0 Å². The molecule has 0 aliphatic heterocycles. The lowest BCUT2D eigenvalue weighted by molar-refractivity contribution is -0.118. The van der Waals surface area contributed by atoms with Crippen LogP contribution in [0.2, 0.25) is 0 Å². The van der Waals surface area contributed by atoms with E-state index < -0.39 is 0 Å². The van der Waals surface area contributed by atoms with Crippen LogP contribution >= 0.6 is 0 Å². The Hall–Kier alpha value is -1.77. The third-order valence-corrected chi connectivity index (χ3v) is 2.53. The molecule has 0 atom stereocenters. The predicted molar refractivity (Wildman–Crippen MR) is 60.5 cm³/mol. The van der Waals surface area contributed by atoms with E-state index in [-0.39, 0.29) is 5.91 Å². The van der Waals surface area contributed by atoms with Crippen LogP contribution in [0.1, 0.15) is 12.0 Å². The monoisotopic (exact) mass is 202 g/mol. The first-order valence-electron chi connectivity index (χ1n) is 5.00. The topological polar surface area (TPSA) is 48.0 Å². The lowest BCUT2D eigenvalue weighted by Gasteiger charge is -2.03. The van der Waals surface area contributed by atoms with Crippen LogP contribution in [-0.2, 0) is 11.3 Å². The van der Waals surface area contributed by atoms with Crippen LogP contribution in [0.15, 0.2) is 30.5 Å². The Bertz CT molecular complexity index is 499. The number of rotatable bonds is 3.